The molecular weight excluding hydrogens is 1200 g/mol. The van der Waals surface area contributed by atoms with Crippen LogP contribution in [0.5, 0.6) is 0 Å². The zero-order valence-electron chi connectivity index (χ0n) is 59.0. The standard InChI is InChI=1S/C94H83BN4/c1-91(2,3)75-53-76(92(4,5)6)56-79(55-75)98-85-49-66-39-27-25-37-64(66)47-81(85)95-82-48-65-38-26-28-40-67(65)50-86(82)99(80-57-77(93(7,8)9)54-78(58-80)94(10,11)12)88-52-74(51-87(98)89(88)95)90-96-83(72-43-68(60-29-17-13-18-30-60)41-69(44-72)61-31-19-14-20-32-61)59-84(97-90)73-45-70(62-33-21-15-22-34-62)42-71(46-73)63-35-23-16-24-36-63/h13-59H,1-12H3. The highest BCUT2D eigenvalue weighted by molar-refractivity contribution is 7.00. The Hall–Kier alpha value is -10.9. The van der Waals surface area contributed by atoms with Crippen molar-refractivity contribution in [2.24, 2.45) is 0 Å². The van der Waals surface area contributed by atoms with Gasteiger partial charge in [-0.2, -0.15) is 0 Å². The van der Waals surface area contributed by atoms with E-state index in [-0.39, 0.29) is 28.4 Å². The molecule has 2 aliphatic rings. The normalized spacial score (nSPS) is 13.0. The van der Waals surface area contributed by atoms with E-state index in [9.17, 15) is 0 Å². The third kappa shape index (κ3) is 11.8. The minimum atomic E-state index is -0.173. The Balaban J connectivity index is 1.07. The maximum atomic E-state index is 6.00. The van der Waals surface area contributed by atoms with Crippen molar-refractivity contribution < 1.29 is 0 Å². The third-order valence-electron chi connectivity index (χ3n) is 20.5. The van der Waals surface area contributed by atoms with Crippen molar-refractivity contribution in [2.75, 3.05) is 9.80 Å². The highest BCUT2D eigenvalue weighted by atomic mass is 15.2. The summed E-state index contributed by atoms with van der Waals surface area (Å²) in [5.74, 6) is 0.627. The maximum Gasteiger partial charge on any atom is 0.252 e. The van der Waals surface area contributed by atoms with Gasteiger partial charge in [0.05, 0.1) is 11.4 Å². The van der Waals surface area contributed by atoms with Gasteiger partial charge in [-0.05, 0) is 217 Å². The Labute approximate surface area is 585 Å². The van der Waals surface area contributed by atoms with Gasteiger partial charge in [-0.25, -0.2) is 9.97 Å². The van der Waals surface area contributed by atoms with E-state index in [1.54, 1.807) is 0 Å². The van der Waals surface area contributed by atoms with Gasteiger partial charge in [0.25, 0.3) is 6.71 Å². The average Bonchev–Trinajstić information content (AvgIpc) is 0.690. The topological polar surface area (TPSA) is 32.3 Å². The van der Waals surface area contributed by atoms with Crippen LogP contribution in [0.3, 0.4) is 0 Å². The van der Waals surface area contributed by atoms with Gasteiger partial charge in [0.2, 0.25) is 0 Å². The highest BCUT2D eigenvalue weighted by Gasteiger charge is 2.45. The molecule has 0 amide bonds. The van der Waals surface area contributed by atoms with Gasteiger partial charge in [0.1, 0.15) is 0 Å². The Morgan fingerprint density at radius 1 is 0.242 bits per heavy atom. The van der Waals surface area contributed by atoms with Crippen molar-refractivity contribution in [2.45, 2.75) is 105 Å². The predicted molar refractivity (Wildman–Crippen MR) is 424 cm³/mol. The fraction of sp³-hybridized carbons (Fsp3) is 0.170. The van der Waals surface area contributed by atoms with Crippen molar-refractivity contribution in [3.63, 3.8) is 0 Å². The number of rotatable bonds is 9. The molecule has 13 aromatic carbocycles. The van der Waals surface area contributed by atoms with Crippen LogP contribution in [-0.2, 0) is 21.7 Å². The van der Waals surface area contributed by atoms with Gasteiger partial charge in [0.15, 0.2) is 5.82 Å². The molecule has 482 valence electrons. The minimum Gasteiger partial charge on any atom is -0.311 e. The van der Waals surface area contributed by atoms with Gasteiger partial charge in [-0.15, -0.1) is 0 Å². The second-order valence-corrected chi connectivity index (χ2v) is 31.6. The van der Waals surface area contributed by atoms with Crippen LogP contribution in [0, 0.1) is 0 Å². The van der Waals surface area contributed by atoms with E-state index in [1.165, 1.54) is 60.2 Å². The van der Waals surface area contributed by atoms with Crippen molar-refractivity contribution in [3.05, 3.63) is 307 Å². The molecule has 0 radical (unpaired) electrons. The van der Waals surface area contributed by atoms with E-state index < -0.39 is 0 Å². The number of anilines is 6. The molecule has 5 heteroatoms. The summed E-state index contributed by atoms with van der Waals surface area (Å²) in [6.07, 6.45) is 0. The van der Waals surface area contributed by atoms with Crippen molar-refractivity contribution in [1.29, 1.82) is 0 Å². The van der Waals surface area contributed by atoms with Gasteiger partial charge < -0.3 is 9.80 Å². The zero-order chi connectivity index (χ0) is 68.3. The van der Waals surface area contributed by atoms with Crippen LogP contribution in [0.25, 0.3) is 100.0 Å². The van der Waals surface area contributed by atoms with Crippen LogP contribution in [0.2, 0.25) is 0 Å². The van der Waals surface area contributed by atoms with E-state index in [0.717, 1.165) is 107 Å². The molecule has 99 heavy (non-hydrogen) atoms. The van der Waals surface area contributed by atoms with Crippen LogP contribution in [0.1, 0.15) is 105 Å². The van der Waals surface area contributed by atoms with Crippen LogP contribution >= 0.6 is 0 Å². The number of fused-ring (bicyclic) bond motifs is 6. The lowest BCUT2D eigenvalue weighted by Crippen LogP contribution is -2.61. The van der Waals surface area contributed by atoms with E-state index >= 15 is 0 Å². The summed E-state index contributed by atoms with van der Waals surface area (Å²) in [7, 11) is 0. The molecular formula is C94H83BN4. The average molecular weight is 1280 g/mol. The summed E-state index contributed by atoms with van der Waals surface area (Å²) in [6, 6.07) is 107. The molecule has 0 N–H and O–H groups in total. The van der Waals surface area contributed by atoms with E-state index in [1.807, 2.05) is 0 Å². The molecule has 1 aromatic heterocycles. The summed E-state index contributed by atoms with van der Waals surface area (Å²) >= 11 is 0. The third-order valence-corrected chi connectivity index (χ3v) is 20.5. The van der Waals surface area contributed by atoms with Gasteiger partial charge in [-0.3, -0.25) is 0 Å². The molecule has 14 aromatic rings. The molecule has 0 aliphatic carbocycles. The number of hydrogen-bond acceptors (Lipinski definition) is 4. The largest absolute Gasteiger partial charge is 0.311 e. The minimum absolute atomic E-state index is 0.164. The number of nitrogens with zero attached hydrogens (tertiary/aromatic N) is 4. The summed E-state index contributed by atoms with van der Waals surface area (Å²) in [5, 5.41) is 4.81. The summed E-state index contributed by atoms with van der Waals surface area (Å²) in [5.41, 5.74) is 28.5. The fourth-order valence-electron chi connectivity index (χ4n) is 14.9. The molecule has 4 nitrogen and oxygen atoms in total. The van der Waals surface area contributed by atoms with Gasteiger partial charge >= 0.3 is 0 Å². The van der Waals surface area contributed by atoms with E-state index in [0.29, 0.717) is 5.82 Å². The molecule has 0 saturated carbocycles. The first kappa shape index (κ1) is 62.9. The van der Waals surface area contributed by atoms with Crippen LogP contribution in [0.15, 0.2) is 285 Å². The second kappa shape index (κ2) is 24.0. The smallest absolute Gasteiger partial charge is 0.252 e. The monoisotopic (exact) mass is 1280 g/mol. The molecule has 0 bridgehead atoms. The molecule has 0 spiro atoms. The molecule has 0 unspecified atom stereocenters. The molecule has 3 heterocycles. The van der Waals surface area contributed by atoms with Crippen molar-refractivity contribution in [3.8, 4) is 78.4 Å². The maximum absolute atomic E-state index is 6.00. The van der Waals surface area contributed by atoms with E-state index in [2.05, 4.69) is 378 Å². The molecule has 16 rings (SSSR count). The predicted octanol–water partition coefficient (Wildman–Crippen LogP) is 23.7. The number of benzene rings is 13. The molecule has 0 atom stereocenters. The van der Waals surface area contributed by atoms with Crippen LogP contribution < -0.4 is 26.2 Å². The van der Waals surface area contributed by atoms with Crippen molar-refractivity contribution in [1.82, 2.24) is 9.97 Å². The molecule has 0 fully saturated rings. The first-order valence-electron chi connectivity index (χ1n) is 35.1. The summed E-state index contributed by atoms with van der Waals surface area (Å²) in [4.78, 5) is 17.2. The first-order valence-corrected chi connectivity index (χ1v) is 35.1. The lowest BCUT2D eigenvalue weighted by Gasteiger charge is -2.45. The molecule has 0 saturated heterocycles. The number of aromatic nitrogens is 2. The molecule has 2 aliphatic heterocycles. The van der Waals surface area contributed by atoms with Gasteiger partial charge in [0, 0.05) is 50.8 Å². The first-order chi connectivity index (χ1) is 47.5. The quantitative estimate of drug-likeness (QED) is 0.135. The summed E-state index contributed by atoms with van der Waals surface area (Å²) in [6.45, 7) is 28.0. The lowest BCUT2D eigenvalue weighted by atomic mass is 9.33. The van der Waals surface area contributed by atoms with Crippen molar-refractivity contribution >= 4 is 78.8 Å². The SMILES string of the molecule is CC(C)(C)c1cc(N2c3cc4ccccc4cc3B3c4cc5ccccc5cc4N(c4cc(C(C)(C)C)cc(C(C)(C)C)c4)c4cc(-c5nc(-c6cc(-c7ccccc7)cc(-c7ccccc7)c6)cc(-c6cc(-c7ccccc7)cc(-c7ccccc7)c6)n5)cc2c43)cc(C(C)(C)C)c1. The highest BCUT2D eigenvalue weighted by Crippen LogP contribution is 2.50. The fourth-order valence-corrected chi connectivity index (χ4v) is 14.9. The Morgan fingerprint density at radius 3 is 0.828 bits per heavy atom. The second-order valence-electron chi connectivity index (χ2n) is 31.6. The van der Waals surface area contributed by atoms with Crippen LogP contribution in [0.4, 0.5) is 34.1 Å². The Morgan fingerprint density at radius 2 is 0.525 bits per heavy atom. The lowest BCUT2D eigenvalue weighted by molar-refractivity contribution is 0.568. The van der Waals surface area contributed by atoms with Gasteiger partial charge in [-0.1, -0.05) is 277 Å². The summed E-state index contributed by atoms with van der Waals surface area (Å²) < 4.78 is 0. The number of hydrogen-bond donors (Lipinski definition) is 0. The Kier molecular flexibility index (Phi) is 15.2. The Bertz CT molecular complexity index is 4960. The van der Waals surface area contributed by atoms with Crippen LogP contribution in [-0.4, -0.2) is 16.7 Å². The van der Waals surface area contributed by atoms with E-state index in [4.69, 9.17) is 9.97 Å². The zero-order valence-corrected chi connectivity index (χ0v) is 59.0.